The summed E-state index contributed by atoms with van der Waals surface area (Å²) < 4.78 is 11.3. The summed E-state index contributed by atoms with van der Waals surface area (Å²) in [6.45, 7) is 7.26. The molecule has 2 aromatic rings. The summed E-state index contributed by atoms with van der Waals surface area (Å²) >= 11 is 0. The molecule has 2 N–H and O–H groups in total. The molecule has 0 saturated carbocycles. The fraction of sp³-hybridized carbons (Fsp3) is 0.400. The predicted molar refractivity (Wildman–Crippen MR) is 101 cm³/mol. The van der Waals surface area contributed by atoms with E-state index in [4.69, 9.17) is 9.47 Å². The molecule has 0 aliphatic heterocycles. The van der Waals surface area contributed by atoms with Crippen LogP contribution in [0.3, 0.4) is 0 Å². The summed E-state index contributed by atoms with van der Waals surface area (Å²) in [5.74, 6) is 1.83. The average molecular weight is 328 g/mol. The van der Waals surface area contributed by atoms with Crippen molar-refractivity contribution >= 4 is 11.4 Å². The standard InChI is InChI=1S/C20H28N2O2/c1-3-5-16-24-18-12-10-17(11-13-18)21-14-15-22-19-8-6-7-9-20(19)23-4-2/h6-13,21-22H,3-5,14-16H2,1-2H3. The molecule has 130 valence electrons. The Morgan fingerprint density at radius 1 is 0.833 bits per heavy atom. The van der Waals surface area contributed by atoms with Crippen LogP contribution in [-0.4, -0.2) is 26.3 Å². The van der Waals surface area contributed by atoms with E-state index in [9.17, 15) is 0 Å². The molecule has 0 fully saturated rings. The molecule has 2 rings (SSSR count). The van der Waals surface area contributed by atoms with E-state index < -0.39 is 0 Å². The van der Waals surface area contributed by atoms with Gasteiger partial charge in [-0.05, 0) is 49.7 Å². The van der Waals surface area contributed by atoms with E-state index in [2.05, 4.69) is 29.7 Å². The molecule has 4 nitrogen and oxygen atoms in total. The molecule has 0 amide bonds. The van der Waals surface area contributed by atoms with Crippen LogP contribution in [0.2, 0.25) is 0 Å². The van der Waals surface area contributed by atoms with Crippen molar-refractivity contribution in [1.82, 2.24) is 0 Å². The third kappa shape index (κ3) is 6.03. The van der Waals surface area contributed by atoms with E-state index in [-0.39, 0.29) is 0 Å². The van der Waals surface area contributed by atoms with Crippen LogP contribution >= 0.6 is 0 Å². The lowest BCUT2D eigenvalue weighted by Gasteiger charge is -2.13. The molecular formula is C20H28N2O2. The van der Waals surface area contributed by atoms with Gasteiger partial charge < -0.3 is 20.1 Å². The average Bonchev–Trinajstić information content (AvgIpc) is 2.62. The Morgan fingerprint density at radius 3 is 2.33 bits per heavy atom. The largest absolute Gasteiger partial charge is 0.494 e. The quantitative estimate of drug-likeness (QED) is 0.582. The van der Waals surface area contributed by atoms with Gasteiger partial charge >= 0.3 is 0 Å². The predicted octanol–water partition coefficient (Wildman–Crippen LogP) is 4.79. The highest BCUT2D eigenvalue weighted by Gasteiger charge is 2.01. The van der Waals surface area contributed by atoms with Crippen LogP contribution in [0, 0.1) is 0 Å². The smallest absolute Gasteiger partial charge is 0.142 e. The van der Waals surface area contributed by atoms with Gasteiger partial charge in [0.2, 0.25) is 0 Å². The summed E-state index contributed by atoms with van der Waals surface area (Å²) in [7, 11) is 0. The van der Waals surface area contributed by atoms with Crippen molar-refractivity contribution in [3.63, 3.8) is 0 Å². The summed E-state index contributed by atoms with van der Waals surface area (Å²) in [6, 6.07) is 16.1. The van der Waals surface area contributed by atoms with Crippen molar-refractivity contribution in [3.05, 3.63) is 48.5 Å². The second kappa shape index (κ2) is 10.4. The molecule has 0 saturated heterocycles. The van der Waals surface area contributed by atoms with Crippen LogP contribution < -0.4 is 20.1 Å². The number of rotatable bonds is 11. The van der Waals surface area contributed by atoms with Crippen molar-refractivity contribution < 1.29 is 9.47 Å². The van der Waals surface area contributed by atoms with Crippen molar-refractivity contribution in [2.24, 2.45) is 0 Å². The fourth-order valence-electron chi connectivity index (χ4n) is 2.30. The maximum absolute atomic E-state index is 5.67. The van der Waals surface area contributed by atoms with Crippen LogP contribution in [-0.2, 0) is 0 Å². The van der Waals surface area contributed by atoms with Gasteiger partial charge in [0.05, 0.1) is 18.9 Å². The molecule has 0 aromatic heterocycles. The third-order valence-corrected chi connectivity index (χ3v) is 3.58. The summed E-state index contributed by atoms with van der Waals surface area (Å²) in [5.41, 5.74) is 2.12. The number of hydrogen-bond donors (Lipinski definition) is 2. The first-order valence-corrected chi connectivity index (χ1v) is 8.76. The molecule has 0 radical (unpaired) electrons. The molecule has 4 heteroatoms. The number of benzene rings is 2. The van der Waals surface area contributed by atoms with E-state index >= 15 is 0 Å². The van der Waals surface area contributed by atoms with Crippen molar-refractivity contribution in [2.75, 3.05) is 36.9 Å². The lowest BCUT2D eigenvalue weighted by atomic mass is 10.3. The Balaban J connectivity index is 1.72. The Labute approximate surface area is 145 Å². The number of anilines is 2. The van der Waals surface area contributed by atoms with Crippen LogP contribution in [0.1, 0.15) is 26.7 Å². The van der Waals surface area contributed by atoms with Crippen LogP contribution in [0.4, 0.5) is 11.4 Å². The highest BCUT2D eigenvalue weighted by atomic mass is 16.5. The second-order valence-corrected chi connectivity index (χ2v) is 5.51. The van der Waals surface area contributed by atoms with Crippen LogP contribution in [0.25, 0.3) is 0 Å². The minimum Gasteiger partial charge on any atom is -0.494 e. The minimum absolute atomic E-state index is 0.670. The first kappa shape index (κ1) is 18.0. The van der Waals surface area contributed by atoms with Gasteiger partial charge in [0.25, 0.3) is 0 Å². The molecule has 0 spiro atoms. The summed E-state index contributed by atoms with van der Waals surface area (Å²) in [4.78, 5) is 0. The molecule has 0 atom stereocenters. The van der Waals surface area contributed by atoms with E-state index in [1.54, 1.807) is 0 Å². The van der Waals surface area contributed by atoms with Crippen LogP contribution in [0.15, 0.2) is 48.5 Å². The summed E-state index contributed by atoms with van der Waals surface area (Å²) in [6.07, 6.45) is 2.24. The zero-order valence-corrected chi connectivity index (χ0v) is 14.7. The second-order valence-electron chi connectivity index (χ2n) is 5.51. The van der Waals surface area contributed by atoms with Gasteiger partial charge in [-0.1, -0.05) is 25.5 Å². The molecule has 0 aliphatic rings. The molecule has 0 unspecified atom stereocenters. The SMILES string of the molecule is CCCCOc1ccc(NCCNc2ccccc2OCC)cc1. The van der Waals surface area contributed by atoms with Crippen LogP contribution in [0.5, 0.6) is 11.5 Å². The van der Waals surface area contributed by atoms with Gasteiger partial charge in [0, 0.05) is 18.8 Å². The molecule has 0 bridgehead atoms. The molecule has 24 heavy (non-hydrogen) atoms. The highest BCUT2D eigenvalue weighted by molar-refractivity contribution is 5.56. The maximum Gasteiger partial charge on any atom is 0.142 e. The lowest BCUT2D eigenvalue weighted by molar-refractivity contribution is 0.309. The summed E-state index contributed by atoms with van der Waals surface area (Å²) in [5, 5.41) is 6.80. The van der Waals surface area contributed by atoms with E-state index in [0.29, 0.717) is 6.61 Å². The van der Waals surface area contributed by atoms with Gasteiger partial charge in [-0.25, -0.2) is 0 Å². The number of para-hydroxylation sites is 2. The maximum atomic E-state index is 5.67. The number of ether oxygens (including phenoxy) is 2. The number of unbranched alkanes of at least 4 members (excludes halogenated alkanes) is 1. The van der Waals surface area contributed by atoms with Gasteiger partial charge in [-0.3, -0.25) is 0 Å². The molecule has 0 aliphatic carbocycles. The Morgan fingerprint density at radius 2 is 1.58 bits per heavy atom. The fourth-order valence-corrected chi connectivity index (χ4v) is 2.30. The minimum atomic E-state index is 0.670. The molecule has 0 heterocycles. The van der Waals surface area contributed by atoms with Gasteiger partial charge in [0.1, 0.15) is 11.5 Å². The number of hydrogen-bond acceptors (Lipinski definition) is 4. The van der Waals surface area contributed by atoms with Gasteiger partial charge in [-0.2, -0.15) is 0 Å². The lowest BCUT2D eigenvalue weighted by Crippen LogP contribution is -2.14. The zero-order chi connectivity index (χ0) is 17.0. The Bertz CT molecular complexity index is 584. The first-order chi connectivity index (χ1) is 11.8. The Hall–Kier alpha value is -2.36. The van der Waals surface area contributed by atoms with E-state index in [0.717, 1.165) is 55.4 Å². The molecular weight excluding hydrogens is 300 g/mol. The van der Waals surface area contributed by atoms with Crippen molar-refractivity contribution in [3.8, 4) is 11.5 Å². The van der Waals surface area contributed by atoms with Crippen molar-refractivity contribution in [2.45, 2.75) is 26.7 Å². The van der Waals surface area contributed by atoms with Crippen molar-refractivity contribution in [1.29, 1.82) is 0 Å². The number of nitrogens with one attached hydrogen (secondary N) is 2. The Kier molecular flexibility index (Phi) is 7.81. The van der Waals surface area contributed by atoms with Gasteiger partial charge in [-0.15, -0.1) is 0 Å². The van der Waals surface area contributed by atoms with E-state index in [1.807, 2.05) is 43.3 Å². The normalized spacial score (nSPS) is 10.2. The first-order valence-electron chi connectivity index (χ1n) is 8.76. The van der Waals surface area contributed by atoms with E-state index in [1.165, 1.54) is 0 Å². The zero-order valence-electron chi connectivity index (χ0n) is 14.7. The monoisotopic (exact) mass is 328 g/mol. The highest BCUT2D eigenvalue weighted by Crippen LogP contribution is 2.23. The molecule has 2 aromatic carbocycles. The topological polar surface area (TPSA) is 42.5 Å². The third-order valence-electron chi connectivity index (χ3n) is 3.58. The van der Waals surface area contributed by atoms with Gasteiger partial charge in [0.15, 0.2) is 0 Å².